The number of carboxylic acids is 1. The van der Waals surface area contributed by atoms with Gasteiger partial charge in [0.2, 0.25) is 0 Å². The third-order valence-corrected chi connectivity index (χ3v) is 4.41. The van der Waals surface area contributed by atoms with Crippen molar-refractivity contribution >= 4 is 17.3 Å². The molecule has 2 rings (SSSR count). The molecule has 0 saturated heterocycles. The maximum Gasteiger partial charge on any atom is 0.309 e. The van der Waals surface area contributed by atoms with Crippen LogP contribution in [0.3, 0.4) is 0 Å². The van der Waals surface area contributed by atoms with Crippen molar-refractivity contribution in [1.29, 1.82) is 0 Å². The van der Waals surface area contributed by atoms with Crippen LogP contribution >= 0.6 is 11.3 Å². The normalized spacial score (nSPS) is 11.5. The van der Waals surface area contributed by atoms with Crippen molar-refractivity contribution in [2.75, 3.05) is 6.61 Å². The Morgan fingerprint density at radius 2 is 2.09 bits per heavy atom. The molecular weight excluding hydrogens is 310 g/mol. The van der Waals surface area contributed by atoms with Gasteiger partial charge in [0.15, 0.2) is 0 Å². The molecule has 1 N–H and O–H groups in total. The molecule has 0 aliphatic rings. The topological polar surface area (TPSA) is 59.4 Å². The zero-order chi connectivity index (χ0) is 17.0. The summed E-state index contributed by atoms with van der Waals surface area (Å²) in [5, 5.41) is 11.5. The molecule has 124 valence electrons. The van der Waals surface area contributed by atoms with Gasteiger partial charge in [0.05, 0.1) is 23.7 Å². The van der Waals surface area contributed by atoms with Gasteiger partial charge in [-0.1, -0.05) is 32.9 Å². The van der Waals surface area contributed by atoms with E-state index in [1.807, 2.05) is 0 Å². The van der Waals surface area contributed by atoms with Gasteiger partial charge < -0.3 is 9.84 Å². The fourth-order valence-electron chi connectivity index (χ4n) is 2.32. The number of benzene rings is 1. The standard InChI is InChI=1S/C18H23NO3S/c1-12-5-6-14(18(2,3)4)15(9-12)22-8-7-16-19-13(11-23-16)10-17(20)21/h5-6,9,11H,7-8,10H2,1-4H3,(H,20,21). The van der Waals surface area contributed by atoms with E-state index in [2.05, 4.69) is 50.9 Å². The minimum atomic E-state index is -0.854. The Morgan fingerprint density at radius 1 is 1.35 bits per heavy atom. The van der Waals surface area contributed by atoms with Gasteiger partial charge in [-0.3, -0.25) is 4.79 Å². The molecular formula is C18H23NO3S. The molecule has 0 amide bonds. The van der Waals surface area contributed by atoms with Crippen LogP contribution in [0.4, 0.5) is 0 Å². The summed E-state index contributed by atoms with van der Waals surface area (Å²) in [7, 11) is 0. The summed E-state index contributed by atoms with van der Waals surface area (Å²) >= 11 is 1.49. The van der Waals surface area contributed by atoms with Gasteiger partial charge in [-0.25, -0.2) is 4.98 Å². The van der Waals surface area contributed by atoms with Crippen molar-refractivity contribution in [2.45, 2.75) is 46.0 Å². The molecule has 0 fully saturated rings. The summed E-state index contributed by atoms with van der Waals surface area (Å²) < 4.78 is 5.99. The van der Waals surface area contributed by atoms with E-state index in [-0.39, 0.29) is 11.8 Å². The second-order valence-electron chi connectivity index (χ2n) is 6.65. The van der Waals surface area contributed by atoms with Crippen LogP contribution in [0, 0.1) is 6.92 Å². The fraction of sp³-hybridized carbons (Fsp3) is 0.444. The molecule has 0 unspecified atom stereocenters. The van der Waals surface area contributed by atoms with Crippen molar-refractivity contribution in [2.24, 2.45) is 0 Å². The molecule has 0 aliphatic carbocycles. The molecule has 4 nitrogen and oxygen atoms in total. The average Bonchev–Trinajstić information content (AvgIpc) is 2.84. The van der Waals surface area contributed by atoms with Gasteiger partial charge in [-0.15, -0.1) is 11.3 Å². The lowest BCUT2D eigenvalue weighted by atomic mass is 9.86. The molecule has 0 aliphatic heterocycles. The lowest BCUT2D eigenvalue weighted by molar-refractivity contribution is -0.136. The van der Waals surface area contributed by atoms with Crippen LogP contribution in [0.1, 0.15) is 42.6 Å². The van der Waals surface area contributed by atoms with Crippen molar-refractivity contribution in [3.05, 3.63) is 45.4 Å². The molecule has 0 spiro atoms. The zero-order valence-corrected chi connectivity index (χ0v) is 14.9. The first-order valence-electron chi connectivity index (χ1n) is 7.64. The van der Waals surface area contributed by atoms with Gasteiger partial charge in [0, 0.05) is 11.8 Å². The van der Waals surface area contributed by atoms with Crippen molar-refractivity contribution in [1.82, 2.24) is 4.98 Å². The molecule has 1 aromatic heterocycles. The molecule has 5 heteroatoms. The lowest BCUT2D eigenvalue weighted by Gasteiger charge is -2.23. The highest BCUT2D eigenvalue weighted by atomic mass is 32.1. The molecule has 0 bridgehead atoms. The second kappa shape index (κ2) is 7.13. The second-order valence-corrected chi connectivity index (χ2v) is 7.59. The van der Waals surface area contributed by atoms with Crippen LogP contribution in [0.25, 0.3) is 0 Å². The summed E-state index contributed by atoms with van der Waals surface area (Å²) in [5.74, 6) is 0.0625. The Hall–Kier alpha value is -1.88. The summed E-state index contributed by atoms with van der Waals surface area (Å²) in [4.78, 5) is 15.0. The van der Waals surface area contributed by atoms with E-state index < -0.39 is 5.97 Å². The molecule has 2 aromatic rings. The van der Waals surface area contributed by atoms with Crippen molar-refractivity contribution in [3.63, 3.8) is 0 Å². The Labute approximate surface area is 141 Å². The quantitative estimate of drug-likeness (QED) is 0.868. The maximum absolute atomic E-state index is 10.7. The van der Waals surface area contributed by atoms with Crippen molar-refractivity contribution in [3.8, 4) is 5.75 Å². The number of carboxylic acid groups (broad SMARTS) is 1. The predicted octanol–water partition coefficient (Wildman–Crippen LogP) is 4.00. The predicted molar refractivity (Wildman–Crippen MR) is 92.5 cm³/mol. The number of ether oxygens (including phenoxy) is 1. The molecule has 1 heterocycles. The van der Waals surface area contributed by atoms with Crippen LogP contribution in [0.5, 0.6) is 5.75 Å². The number of rotatable bonds is 6. The molecule has 1 aromatic carbocycles. The monoisotopic (exact) mass is 333 g/mol. The van der Waals surface area contributed by atoms with Crippen LogP contribution in [-0.2, 0) is 23.1 Å². The highest BCUT2D eigenvalue weighted by Gasteiger charge is 2.19. The zero-order valence-electron chi connectivity index (χ0n) is 14.0. The molecule has 0 radical (unpaired) electrons. The minimum absolute atomic E-state index is 0.0244. The van der Waals surface area contributed by atoms with E-state index in [9.17, 15) is 4.79 Å². The van der Waals surface area contributed by atoms with Crippen LogP contribution in [-0.4, -0.2) is 22.7 Å². The number of aryl methyl sites for hydroxylation is 1. The fourth-order valence-corrected chi connectivity index (χ4v) is 3.10. The molecule has 0 atom stereocenters. The maximum atomic E-state index is 10.7. The first-order chi connectivity index (χ1) is 10.8. The lowest BCUT2D eigenvalue weighted by Crippen LogP contribution is -2.14. The minimum Gasteiger partial charge on any atom is -0.493 e. The summed E-state index contributed by atoms with van der Waals surface area (Å²) in [6.07, 6.45) is 0.658. The number of carbonyl (C=O) groups is 1. The third-order valence-electron chi connectivity index (χ3n) is 3.45. The number of thiazole rings is 1. The van der Waals surface area contributed by atoms with E-state index >= 15 is 0 Å². The highest BCUT2D eigenvalue weighted by Crippen LogP contribution is 2.32. The van der Waals surface area contributed by atoms with Crippen LogP contribution in [0.15, 0.2) is 23.6 Å². The largest absolute Gasteiger partial charge is 0.493 e. The number of hydrogen-bond donors (Lipinski definition) is 1. The first-order valence-corrected chi connectivity index (χ1v) is 8.52. The Morgan fingerprint density at radius 3 is 2.74 bits per heavy atom. The van der Waals surface area contributed by atoms with E-state index in [4.69, 9.17) is 9.84 Å². The van der Waals surface area contributed by atoms with Gasteiger partial charge in [0.25, 0.3) is 0 Å². The highest BCUT2D eigenvalue weighted by molar-refractivity contribution is 7.09. The first kappa shape index (κ1) is 17.5. The Kier molecular flexibility index (Phi) is 5.42. The van der Waals surface area contributed by atoms with E-state index in [1.165, 1.54) is 22.5 Å². The number of aromatic nitrogens is 1. The average molecular weight is 333 g/mol. The number of hydrogen-bond acceptors (Lipinski definition) is 4. The summed E-state index contributed by atoms with van der Waals surface area (Å²) in [6, 6.07) is 6.30. The van der Waals surface area contributed by atoms with E-state index in [0.29, 0.717) is 18.7 Å². The summed E-state index contributed by atoms with van der Waals surface area (Å²) in [6.45, 7) is 9.10. The SMILES string of the molecule is Cc1ccc(C(C)(C)C)c(OCCc2nc(CC(=O)O)cs2)c1. The smallest absolute Gasteiger partial charge is 0.309 e. The molecule has 0 saturated carbocycles. The van der Waals surface area contributed by atoms with Crippen LogP contribution in [0.2, 0.25) is 0 Å². The van der Waals surface area contributed by atoms with Gasteiger partial charge in [-0.2, -0.15) is 0 Å². The van der Waals surface area contributed by atoms with Crippen molar-refractivity contribution < 1.29 is 14.6 Å². The Balaban J connectivity index is 2.00. The molecule has 23 heavy (non-hydrogen) atoms. The van der Waals surface area contributed by atoms with E-state index in [1.54, 1.807) is 5.38 Å². The van der Waals surface area contributed by atoms with E-state index in [0.717, 1.165) is 10.8 Å². The number of aliphatic carboxylic acids is 1. The third kappa shape index (κ3) is 5.06. The number of nitrogens with zero attached hydrogens (tertiary/aromatic N) is 1. The summed E-state index contributed by atoms with van der Waals surface area (Å²) in [5.41, 5.74) is 3.00. The van der Waals surface area contributed by atoms with Gasteiger partial charge in [0.1, 0.15) is 5.75 Å². The van der Waals surface area contributed by atoms with Gasteiger partial charge in [-0.05, 0) is 29.5 Å². The Bertz CT molecular complexity index is 686. The van der Waals surface area contributed by atoms with Gasteiger partial charge >= 0.3 is 5.97 Å². The van der Waals surface area contributed by atoms with Crippen LogP contribution < -0.4 is 4.74 Å².